The van der Waals surface area contributed by atoms with Crippen LogP contribution in [0, 0.1) is 21.4 Å². The van der Waals surface area contributed by atoms with Crippen LogP contribution in [0.25, 0.3) is 0 Å². The van der Waals surface area contributed by atoms with Crippen molar-refractivity contribution in [2.45, 2.75) is 5.92 Å². The molecule has 6 heteroatoms. The lowest BCUT2D eigenvalue weighted by Gasteiger charge is -2.10. The number of halogens is 1. The average Bonchev–Trinajstić information content (AvgIpc) is 2.50. The minimum atomic E-state index is -0.956. The van der Waals surface area contributed by atoms with Gasteiger partial charge in [-0.1, -0.05) is 34.1 Å². The molecule has 0 N–H and O–H groups in total. The number of hydrogen-bond acceptors (Lipinski definition) is 4. The van der Waals surface area contributed by atoms with Crippen LogP contribution >= 0.6 is 15.9 Å². The van der Waals surface area contributed by atoms with E-state index in [0.717, 1.165) is 0 Å². The topological polar surface area (TPSA) is 84.0 Å². The maximum absolute atomic E-state index is 12.4. The Kier molecular flexibility index (Phi) is 4.45. The van der Waals surface area contributed by atoms with E-state index < -0.39 is 10.8 Å². The number of nitro benzene ring substituents is 1. The van der Waals surface area contributed by atoms with Gasteiger partial charge in [0.1, 0.15) is 5.92 Å². The number of nitro groups is 1. The number of hydrogen-bond donors (Lipinski definition) is 0. The molecule has 21 heavy (non-hydrogen) atoms. The van der Waals surface area contributed by atoms with Gasteiger partial charge in [-0.3, -0.25) is 14.9 Å². The zero-order valence-corrected chi connectivity index (χ0v) is 12.3. The van der Waals surface area contributed by atoms with Crippen molar-refractivity contribution in [3.8, 4) is 6.07 Å². The Morgan fingerprint density at radius 3 is 2.33 bits per heavy atom. The van der Waals surface area contributed by atoms with Crippen molar-refractivity contribution < 1.29 is 9.72 Å². The number of benzene rings is 2. The van der Waals surface area contributed by atoms with Crippen molar-refractivity contribution in [3.05, 3.63) is 74.2 Å². The molecule has 5 nitrogen and oxygen atoms in total. The van der Waals surface area contributed by atoms with Crippen molar-refractivity contribution >= 4 is 27.4 Å². The molecule has 2 rings (SSSR count). The first-order chi connectivity index (χ1) is 10.0. The summed E-state index contributed by atoms with van der Waals surface area (Å²) in [5.41, 5.74) is 0.743. The van der Waals surface area contributed by atoms with Crippen LogP contribution in [0.15, 0.2) is 53.0 Å². The van der Waals surface area contributed by atoms with Gasteiger partial charge in [0, 0.05) is 22.2 Å². The highest BCUT2D eigenvalue weighted by Crippen LogP contribution is 2.27. The number of nitriles is 1. The molecule has 2 aromatic carbocycles. The standard InChI is InChI=1S/C15H9BrN2O3/c16-14-4-2-1-3-12(14)13(9-17)15(19)10-5-7-11(8-6-10)18(20)21/h1-8,13H. The minimum absolute atomic E-state index is 0.0963. The first-order valence-electron chi connectivity index (χ1n) is 5.97. The number of Topliss-reactive ketones (excluding diaryl/α,β-unsaturated/α-hetero) is 1. The van der Waals surface area contributed by atoms with E-state index in [4.69, 9.17) is 0 Å². The summed E-state index contributed by atoms with van der Waals surface area (Å²) >= 11 is 3.32. The van der Waals surface area contributed by atoms with Crippen LogP contribution in [0.4, 0.5) is 5.69 Å². The summed E-state index contributed by atoms with van der Waals surface area (Å²) in [5.74, 6) is -1.35. The van der Waals surface area contributed by atoms with Gasteiger partial charge in [0.05, 0.1) is 11.0 Å². The Labute approximate surface area is 129 Å². The number of rotatable bonds is 4. The number of carbonyl (C=O) groups is 1. The molecule has 0 bridgehead atoms. The second-order valence-corrected chi connectivity index (χ2v) is 5.11. The van der Waals surface area contributed by atoms with Crippen LogP contribution in [0.3, 0.4) is 0 Å². The molecule has 104 valence electrons. The van der Waals surface area contributed by atoms with E-state index >= 15 is 0 Å². The summed E-state index contributed by atoms with van der Waals surface area (Å²) in [6.07, 6.45) is 0. The van der Waals surface area contributed by atoms with Gasteiger partial charge in [0.15, 0.2) is 5.78 Å². The van der Waals surface area contributed by atoms with Crippen LogP contribution in [-0.4, -0.2) is 10.7 Å². The van der Waals surface area contributed by atoms with Gasteiger partial charge in [-0.15, -0.1) is 0 Å². The van der Waals surface area contributed by atoms with Crippen molar-refractivity contribution in [2.75, 3.05) is 0 Å². The van der Waals surface area contributed by atoms with Gasteiger partial charge in [-0.05, 0) is 23.8 Å². The minimum Gasteiger partial charge on any atom is -0.292 e. The first-order valence-corrected chi connectivity index (χ1v) is 6.76. The number of ketones is 1. The second-order valence-electron chi connectivity index (χ2n) is 4.25. The Hall–Kier alpha value is -2.52. The summed E-state index contributed by atoms with van der Waals surface area (Å²) < 4.78 is 0.673. The predicted octanol–water partition coefficient (Wildman–Crippen LogP) is 3.85. The molecule has 1 atom stereocenters. The predicted molar refractivity (Wildman–Crippen MR) is 79.9 cm³/mol. The molecule has 0 amide bonds. The van der Waals surface area contributed by atoms with E-state index in [9.17, 15) is 20.2 Å². The van der Waals surface area contributed by atoms with Crippen molar-refractivity contribution in [1.82, 2.24) is 0 Å². The van der Waals surface area contributed by atoms with Crippen molar-refractivity contribution in [3.63, 3.8) is 0 Å². The summed E-state index contributed by atoms with van der Waals surface area (Å²) in [7, 11) is 0. The molecule has 0 aliphatic rings. The lowest BCUT2D eigenvalue weighted by Crippen LogP contribution is -2.11. The van der Waals surface area contributed by atoms with E-state index in [2.05, 4.69) is 15.9 Å². The van der Waals surface area contributed by atoms with Gasteiger partial charge in [-0.2, -0.15) is 5.26 Å². The fraction of sp³-hybridized carbons (Fsp3) is 0.0667. The molecule has 0 radical (unpaired) electrons. The lowest BCUT2D eigenvalue weighted by atomic mass is 9.92. The molecule has 0 aromatic heterocycles. The molecule has 2 aromatic rings. The molecule has 1 unspecified atom stereocenters. The number of carbonyl (C=O) groups excluding carboxylic acids is 1. The van der Waals surface area contributed by atoms with Crippen LogP contribution in [0.5, 0.6) is 0 Å². The summed E-state index contributed by atoms with van der Waals surface area (Å²) in [5, 5.41) is 19.9. The Morgan fingerprint density at radius 1 is 1.19 bits per heavy atom. The second kappa shape index (κ2) is 6.29. The molecular weight excluding hydrogens is 336 g/mol. The summed E-state index contributed by atoms with van der Waals surface area (Å²) in [6, 6.07) is 14.2. The third-order valence-electron chi connectivity index (χ3n) is 2.97. The smallest absolute Gasteiger partial charge is 0.269 e. The third kappa shape index (κ3) is 3.15. The molecule has 0 saturated carbocycles. The maximum atomic E-state index is 12.4. The average molecular weight is 345 g/mol. The normalized spacial score (nSPS) is 11.4. The molecule has 0 aliphatic heterocycles. The molecule has 0 spiro atoms. The van der Waals surface area contributed by atoms with Crippen LogP contribution in [0.1, 0.15) is 21.8 Å². The highest BCUT2D eigenvalue weighted by molar-refractivity contribution is 9.10. The fourth-order valence-electron chi connectivity index (χ4n) is 1.89. The zero-order chi connectivity index (χ0) is 15.4. The SMILES string of the molecule is N#CC(C(=O)c1ccc([N+](=O)[O-])cc1)c1ccccc1Br. The quantitative estimate of drug-likeness (QED) is 0.479. The van der Waals surface area contributed by atoms with E-state index in [1.807, 2.05) is 6.07 Å². The summed E-state index contributed by atoms with van der Waals surface area (Å²) in [4.78, 5) is 22.5. The molecule has 0 heterocycles. The van der Waals surface area contributed by atoms with Gasteiger partial charge in [0.2, 0.25) is 0 Å². The van der Waals surface area contributed by atoms with E-state index in [1.54, 1.807) is 24.3 Å². The largest absolute Gasteiger partial charge is 0.292 e. The van der Waals surface area contributed by atoms with Gasteiger partial charge in [0.25, 0.3) is 5.69 Å². The number of non-ortho nitro benzene ring substituents is 1. The van der Waals surface area contributed by atoms with Gasteiger partial charge in [-0.25, -0.2) is 0 Å². The monoisotopic (exact) mass is 344 g/mol. The van der Waals surface area contributed by atoms with Gasteiger partial charge >= 0.3 is 0 Å². The highest BCUT2D eigenvalue weighted by atomic mass is 79.9. The first kappa shape index (κ1) is 14.9. The lowest BCUT2D eigenvalue weighted by molar-refractivity contribution is -0.384. The Balaban J connectivity index is 2.35. The Bertz CT molecular complexity index is 735. The van der Waals surface area contributed by atoms with Crippen LogP contribution in [-0.2, 0) is 0 Å². The number of nitrogens with zero attached hydrogens (tertiary/aromatic N) is 2. The van der Waals surface area contributed by atoms with E-state index in [-0.39, 0.29) is 17.0 Å². The fourth-order valence-corrected chi connectivity index (χ4v) is 2.41. The molecule has 0 saturated heterocycles. The van der Waals surface area contributed by atoms with Crippen molar-refractivity contribution in [2.24, 2.45) is 0 Å². The van der Waals surface area contributed by atoms with E-state index in [0.29, 0.717) is 10.0 Å². The van der Waals surface area contributed by atoms with Crippen molar-refractivity contribution in [1.29, 1.82) is 5.26 Å². The van der Waals surface area contributed by atoms with E-state index in [1.165, 1.54) is 24.3 Å². The highest BCUT2D eigenvalue weighted by Gasteiger charge is 2.24. The molecule has 0 aliphatic carbocycles. The molecular formula is C15H9BrN2O3. The zero-order valence-electron chi connectivity index (χ0n) is 10.7. The van der Waals surface area contributed by atoms with Crippen LogP contribution < -0.4 is 0 Å². The third-order valence-corrected chi connectivity index (χ3v) is 3.69. The molecule has 0 fully saturated rings. The van der Waals surface area contributed by atoms with Crippen LogP contribution in [0.2, 0.25) is 0 Å². The van der Waals surface area contributed by atoms with Gasteiger partial charge < -0.3 is 0 Å². The Morgan fingerprint density at radius 2 is 1.81 bits per heavy atom. The maximum Gasteiger partial charge on any atom is 0.269 e. The summed E-state index contributed by atoms with van der Waals surface area (Å²) in [6.45, 7) is 0.